The molecule has 0 aliphatic carbocycles. The number of rotatable bonds is 2. The van der Waals surface area contributed by atoms with Crippen LogP contribution in [0.4, 0.5) is 17.6 Å². The molecule has 4 rings (SSSR count). The summed E-state index contributed by atoms with van der Waals surface area (Å²) in [5.74, 6) is 0.352. The summed E-state index contributed by atoms with van der Waals surface area (Å²) in [6.07, 6.45) is 2.30. The van der Waals surface area contributed by atoms with Crippen molar-refractivity contribution in [2.75, 3.05) is 36.1 Å². The minimum atomic E-state index is -0.876. The Morgan fingerprint density at radius 1 is 1.28 bits per heavy atom. The number of carboxylic acid groups (broad SMARTS) is 1. The topological polar surface area (TPSA) is 128 Å². The Labute approximate surface area is 148 Å². The first-order valence-corrected chi connectivity index (χ1v) is 8.94. The lowest BCUT2D eigenvalue weighted by atomic mass is 9.82. The second kappa shape index (κ2) is 5.85. The number of thiophene rings is 1. The van der Waals surface area contributed by atoms with Crippen molar-refractivity contribution in [2.45, 2.75) is 24.9 Å². The third-order valence-electron chi connectivity index (χ3n) is 4.86. The van der Waals surface area contributed by atoms with Crippen molar-refractivity contribution in [3.8, 4) is 0 Å². The number of ether oxygens (including phenoxy) is 1. The minimum absolute atomic E-state index is 0.162. The number of hydrogen-bond acceptors (Lipinski definition) is 8. The van der Waals surface area contributed by atoms with Crippen molar-refractivity contribution in [3.05, 3.63) is 27.5 Å². The van der Waals surface area contributed by atoms with Gasteiger partial charge in [-0.25, -0.2) is 4.79 Å². The molecule has 2 aromatic heterocycles. The highest BCUT2D eigenvalue weighted by Crippen LogP contribution is 2.45. The van der Waals surface area contributed by atoms with E-state index in [2.05, 4.69) is 14.9 Å². The lowest BCUT2D eigenvalue weighted by molar-refractivity contribution is -0.0757. The van der Waals surface area contributed by atoms with Gasteiger partial charge < -0.3 is 26.2 Å². The van der Waals surface area contributed by atoms with Crippen molar-refractivity contribution in [1.82, 2.24) is 9.97 Å². The average Bonchev–Trinajstić information content (AvgIpc) is 3.01. The number of nitrogens with two attached hydrogens (primary N) is 2. The maximum absolute atomic E-state index is 11.3. The van der Waals surface area contributed by atoms with Crippen LogP contribution in [-0.4, -0.2) is 40.7 Å². The molecule has 0 unspecified atom stereocenters. The molecule has 2 aromatic rings. The fraction of sp³-hybridized carbons (Fsp3) is 0.438. The highest BCUT2D eigenvalue weighted by molar-refractivity contribution is 7.14. The molecule has 0 radical (unpaired) electrons. The van der Waals surface area contributed by atoms with Crippen LogP contribution in [0.1, 0.15) is 33.0 Å². The predicted octanol–water partition coefficient (Wildman–Crippen LogP) is 1.47. The van der Waals surface area contributed by atoms with E-state index >= 15 is 0 Å². The number of carboxylic acids is 1. The summed E-state index contributed by atoms with van der Waals surface area (Å²) >= 11 is 1.37. The Morgan fingerprint density at radius 2 is 2.04 bits per heavy atom. The molecule has 9 heteroatoms. The molecule has 0 aromatic carbocycles. The lowest BCUT2D eigenvalue weighted by Gasteiger charge is -2.44. The molecule has 25 heavy (non-hydrogen) atoms. The molecule has 8 nitrogen and oxygen atoms in total. The van der Waals surface area contributed by atoms with Gasteiger partial charge in [0.25, 0.3) is 0 Å². The van der Waals surface area contributed by atoms with E-state index in [-0.39, 0.29) is 5.95 Å². The van der Waals surface area contributed by atoms with Crippen LogP contribution < -0.4 is 16.4 Å². The van der Waals surface area contributed by atoms with Crippen molar-refractivity contribution in [1.29, 1.82) is 0 Å². The summed E-state index contributed by atoms with van der Waals surface area (Å²) < 4.78 is 6.16. The standard InChI is InChI=1S/C16H19N5O3S/c17-12-8-13(20-15(18)19-12)21-4-2-16(3-5-21)9-7-11(14(22)23)25-10(9)1-6-24-16/h7-8H,1-6H2,(H,22,23)(H4,17,18,19,20). The van der Waals surface area contributed by atoms with Crippen LogP contribution in [0.15, 0.2) is 12.1 Å². The van der Waals surface area contributed by atoms with Gasteiger partial charge in [-0.15, -0.1) is 11.3 Å². The van der Waals surface area contributed by atoms with Crippen LogP contribution in [0.3, 0.4) is 0 Å². The molecule has 132 valence electrons. The summed E-state index contributed by atoms with van der Waals surface area (Å²) in [5, 5.41) is 9.29. The largest absolute Gasteiger partial charge is 0.477 e. The van der Waals surface area contributed by atoms with E-state index in [4.69, 9.17) is 16.2 Å². The number of piperidine rings is 1. The second-order valence-electron chi connectivity index (χ2n) is 6.34. The molecule has 0 atom stereocenters. The van der Waals surface area contributed by atoms with Gasteiger partial charge in [0.1, 0.15) is 16.5 Å². The van der Waals surface area contributed by atoms with Gasteiger partial charge in [0.15, 0.2) is 0 Å². The van der Waals surface area contributed by atoms with E-state index in [9.17, 15) is 9.90 Å². The fourth-order valence-corrected chi connectivity index (χ4v) is 4.74. The summed E-state index contributed by atoms with van der Waals surface area (Å²) in [4.78, 5) is 23.1. The third kappa shape index (κ3) is 2.79. The minimum Gasteiger partial charge on any atom is -0.477 e. The van der Waals surface area contributed by atoms with E-state index < -0.39 is 11.6 Å². The number of nitrogens with zero attached hydrogens (tertiary/aromatic N) is 3. The molecule has 1 saturated heterocycles. The van der Waals surface area contributed by atoms with Crippen LogP contribution in [0, 0.1) is 0 Å². The van der Waals surface area contributed by atoms with E-state index in [1.807, 2.05) is 0 Å². The molecule has 4 heterocycles. The Balaban J connectivity index is 1.58. The lowest BCUT2D eigenvalue weighted by Crippen LogP contribution is -2.46. The van der Waals surface area contributed by atoms with Crippen molar-refractivity contribution in [2.24, 2.45) is 0 Å². The van der Waals surface area contributed by atoms with Gasteiger partial charge >= 0.3 is 5.97 Å². The van der Waals surface area contributed by atoms with Gasteiger partial charge in [-0.1, -0.05) is 0 Å². The van der Waals surface area contributed by atoms with Crippen LogP contribution in [-0.2, 0) is 16.8 Å². The molecule has 1 fully saturated rings. The Kier molecular flexibility index (Phi) is 3.77. The highest BCUT2D eigenvalue weighted by atomic mass is 32.1. The SMILES string of the molecule is Nc1cc(N2CCC3(CC2)OCCc2sc(C(=O)O)cc23)nc(N)n1. The third-order valence-corrected chi connectivity index (χ3v) is 6.05. The Morgan fingerprint density at radius 3 is 2.72 bits per heavy atom. The fourth-order valence-electron chi connectivity index (χ4n) is 3.67. The molecule has 5 N–H and O–H groups in total. The molecule has 2 aliphatic rings. The van der Waals surface area contributed by atoms with E-state index in [0.29, 0.717) is 23.1 Å². The maximum atomic E-state index is 11.3. The molecule has 1 spiro atoms. The molecular formula is C16H19N5O3S. The van der Waals surface area contributed by atoms with Crippen LogP contribution >= 0.6 is 11.3 Å². The Bertz CT molecular complexity index is 809. The van der Waals surface area contributed by atoms with Gasteiger partial charge in [0, 0.05) is 30.5 Å². The molecule has 0 amide bonds. The zero-order valence-corrected chi connectivity index (χ0v) is 14.4. The van der Waals surface area contributed by atoms with Crippen molar-refractivity contribution >= 4 is 34.9 Å². The first-order chi connectivity index (χ1) is 12.0. The van der Waals surface area contributed by atoms with E-state index in [0.717, 1.165) is 42.8 Å². The number of aromatic nitrogens is 2. The van der Waals surface area contributed by atoms with Crippen molar-refractivity contribution in [3.63, 3.8) is 0 Å². The maximum Gasteiger partial charge on any atom is 0.345 e. The number of hydrogen-bond donors (Lipinski definition) is 3. The summed E-state index contributed by atoms with van der Waals surface area (Å²) in [7, 11) is 0. The zero-order valence-electron chi connectivity index (χ0n) is 13.6. The number of aromatic carboxylic acids is 1. The van der Waals surface area contributed by atoms with Gasteiger partial charge in [-0.2, -0.15) is 9.97 Å². The van der Waals surface area contributed by atoms with E-state index in [1.54, 1.807) is 12.1 Å². The van der Waals surface area contributed by atoms with Gasteiger partial charge in [0.2, 0.25) is 5.95 Å². The first-order valence-electron chi connectivity index (χ1n) is 8.12. The summed E-state index contributed by atoms with van der Waals surface area (Å²) in [6, 6.07) is 3.51. The van der Waals surface area contributed by atoms with Gasteiger partial charge in [-0.3, -0.25) is 0 Å². The summed E-state index contributed by atoms with van der Waals surface area (Å²) in [6.45, 7) is 2.08. The number of anilines is 3. The first kappa shape index (κ1) is 16.1. The average molecular weight is 361 g/mol. The molecule has 0 bridgehead atoms. The molecule has 0 saturated carbocycles. The van der Waals surface area contributed by atoms with Crippen molar-refractivity contribution < 1.29 is 14.6 Å². The van der Waals surface area contributed by atoms with E-state index in [1.165, 1.54) is 11.3 Å². The van der Waals surface area contributed by atoms with Gasteiger partial charge in [0.05, 0.1) is 12.2 Å². The number of fused-ring (bicyclic) bond motifs is 2. The molecule has 2 aliphatic heterocycles. The van der Waals surface area contributed by atoms with Crippen LogP contribution in [0.2, 0.25) is 0 Å². The Hall–Kier alpha value is -2.39. The summed E-state index contributed by atoms with van der Waals surface area (Å²) in [5.41, 5.74) is 12.1. The monoisotopic (exact) mass is 361 g/mol. The molecular weight excluding hydrogens is 342 g/mol. The van der Waals surface area contributed by atoms with Crippen LogP contribution in [0.25, 0.3) is 0 Å². The smallest absolute Gasteiger partial charge is 0.345 e. The highest BCUT2D eigenvalue weighted by Gasteiger charge is 2.42. The zero-order chi connectivity index (χ0) is 17.6. The van der Waals surface area contributed by atoms with Crippen LogP contribution in [0.5, 0.6) is 0 Å². The normalized spacial score (nSPS) is 19.0. The predicted molar refractivity (Wildman–Crippen MR) is 94.9 cm³/mol. The number of carbonyl (C=O) groups is 1. The van der Waals surface area contributed by atoms with Gasteiger partial charge in [-0.05, 0) is 24.5 Å². The number of nitrogen functional groups attached to an aromatic ring is 2. The quantitative estimate of drug-likeness (QED) is 0.734. The second-order valence-corrected chi connectivity index (χ2v) is 7.48.